The number of likely N-dealkylation sites (tertiary alicyclic amines) is 1. The van der Waals surface area contributed by atoms with E-state index in [0.717, 1.165) is 17.8 Å². The number of hydrogen-bond acceptors (Lipinski definition) is 4. The van der Waals surface area contributed by atoms with Gasteiger partial charge in [-0.15, -0.1) is 0 Å². The number of hydrogen-bond donors (Lipinski definition) is 1. The highest BCUT2D eigenvalue weighted by atomic mass is 32.2. The summed E-state index contributed by atoms with van der Waals surface area (Å²) in [6.07, 6.45) is -7.74. The molecular weight excluding hydrogens is 544 g/mol. The number of benzene rings is 2. The van der Waals surface area contributed by atoms with Crippen LogP contribution in [0.5, 0.6) is 0 Å². The highest BCUT2D eigenvalue weighted by Crippen LogP contribution is 2.42. The fourth-order valence-corrected chi connectivity index (χ4v) is 5.68. The minimum atomic E-state index is -5.05. The van der Waals surface area contributed by atoms with E-state index in [9.17, 15) is 31.1 Å². The van der Waals surface area contributed by atoms with Crippen molar-refractivity contribution in [2.45, 2.75) is 37.7 Å². The summed E-state index contributed by atoms with van der Waals surface area (Å²) in [5.41, 5.74) is -1.92. The standard InChI is InChI=1S/C26H19F6N5OS/c1-33-18-6-8-37(9-7-18)24-35-23(38)22(39-24)19(14-3-5-21-16(10-14)13-34-36-21)11-15-2-4-17(25(27,28)29)12-20(15)26(30,31)32/h2-5,10,12-13,18H,6-9,11H2,(H,34,36). The number of nitrogens with one attached hydrogen (secondary N) is 1. The van der Waals surface area contributed by atoms with Gasteiger partial charge in [0.2, 0.25) is 6.04 Å². The number of aromatic amines is 1. The van der Waals surface area contributed by atoms with Crippen LogP contribution in [0.4, 0.5) is 26.3 Å². The number of carbonyl (C=O) groups is 1. The summed E-state index contributed by atoms with van der Waals surface area (Å²) in [7, 11) is 0. The Labute approximate surface area is 222 Å². The molecule has 202 valence electrons. The molecule has 39 heavy (non-hydrogen) atoms. The molecule has 0 spiro atoms. The zero-order valence-corrected chi connectivity index (χ0v) is 20.8. The van der Waals surface area contributed by atoms with E-state index in [0.29, 0.717) is 53.6 Å². The summed E-state index contributed by atoms with van der Waals surface area (Å²) in [5, 5.41) is 7.76. The molecule has 3 heterocycles. The van der Waals surface area contributed by atoms with Crippen LogP contribution in [0.1, 0.15) is 35.1 Å². The van der Waals surface area contributed by atoms with Crippen molar-refractivity contribution in [1.29, 1.82) is 0 Å². The maximum absolute atomic E-state index is 13.9. The van der Waals surface area contributed by atoms with Crippen molar-refractivity contribution in [2.75, 3.05) is 13.1 Å². The van der Waals surface area contributed by atoms with Crippen molar-refractivity contribution in [3.63, 3.8) is 0 Å². The number of halogens is 6. The van der Waals surface area contributed by atoms with E-state index in [1.807, 2.05) is 4.90 Å². The predicted octanol–water partition coefficient (Wildman–Crippen LogP) is 6.57. The molecule has 1 N–H and O–H groups in total. The number of nitrogens with zero attached hydrogens (tertiary/aromatic N) is 4. The molecule has 2 aliphatic rings. The van der Waals surface area contributed by atoms with E-state index < -0.39 is 41.4 Å². The van der Waals surface area contributed by atoms with Crippen molar-refractivity contribution >= 4 is 39.3 Å². The van der Waals surface area contributed by atoms with E-state index in [4.69, 9.17) is 6.57 Å². The number of amidine groups is 1. The molecule has 0 atom stereocenters. The second kappa shape index (κ2) is 10.1. The van der Waals surface area contributed by atoms with Crippen LogP contribution in [0.2, 0.25) is 0 Å². The summed E-state index contributed by atoms with van der Waals surface area (Å²) in [4.78, 5) is 22.8. The number of carbonyl (C=O) groups excluding carboxylic acids is 1. The first-order valence-electron chi connectivity index (χ1n) is 11.8. The second-order valence-corrected chi connectivity index (χ2v) is 10.2. The highest BCUT2D eigenvalue weighted by molar-refractivity contribution is 8.18. The third kappa shape index (κ3) is 5.52. The molecule has 0 aliphatic carbocycles. The van der Waals surface area contributed by atoms with Crippen LogP contribution in [0.25, 0.3) is 21.3 Å². The molecule has 1 aromatic heterocycles. The molecule has 6 nitrogen and oxygen atoms in total. The van der Waals surface area contributed by atoms with Gasteiger partial charge in [0, 0.05) is 31.3 Å². The number of fused-ring (bicyclic) bond motifs is 1. The number of H-pyrrole nitrogens is 1. The molecule has 2 aliphatic heterocycles. The highest BCUT2D eigenvalue weighted by Gasteiger charge is 2.39. The van der Waals surface area contributed by atoms with Gasteiger partial charge in [0.25, 0.3) is 5.91 Å². The van der Waals surface area contributed by atoms with Gasteiger partial charge in [-0.2, -0.15) is 36.4 Å². The largest absolute Gasteiger partial charge is 0.416 e. The Bertz CT molecular complexity index is 1540. The lowest BCUT2D eigenvalue weighted by molar-refractivity contribution is -0.143. The number of piperidine rings is 1. The van der Waals surface area contributed by atoms with Crippen LogP contribution < -0.4 is 0 Å². The normalized spacial score (nSPS) is 18.4. The van der Waals surface area contributed by atoms with E-state index in [1.54, 1.807) is 18.2 Å². The Kier molecular flexibility index (Phi) is 6.92. The Morgan fingerprint density at radius 2 is 1.82 bits per heavy atom. The first-order valence-corrected chi connectivity index (χ1v) is 12.6. The van der Waals surface area contributed by atoms with Gasteiger partial charge in [-0.25, -0.2) is 6.57 Å². The molecule has 0 bridgehead atoms. The molecule has 2 aromatic carbocycles. The molecule has 0 saturated carbocycles. The van der Waals surface area contributed by atoms with Gasteiger partial charge in [-0.05, 0) is 59.1 Å². The first kappa shape index (κ1) is 26.8. The number of alkyl halides is 6. The molecule has 0 unspecified atom stereocenters. The molecule has 3 aromatic rings. The monoisotopic (exact) mass is 563 g/mol. The Hall–Kier alpha value is -3.79. The van der Waals surface area contributed by atoms with Crippen LogP contribution in [-0.4, -0.2) is 45.3 Å². The summed E-state index contributed by atoms with van der Waals surface area (Å²) < 4.78 is 81.5. The third-order valence-corrected chi connectivity index (χ3v) is 7.83. The van der Waals surface area contributed by atoms with Gasteiger partial charge in [0.1, 0.15) is 0 Å². The van der Waals surface area contributed by atoms with Crippen molar-refractivity contribution < 1.29 is 31.1 Å². The van der Waals surface area contributed by atoms with Crippen LogP contribution in [0, 0.1) is 6.57 Å². The summed E-state index contributed by atoms with van der Waals surface area (Å²) >= 11 is 1.03. The van der Waals surface area contributed by atoms with Gasteiger partial charge < -0.3 is 9.74 Å². The Morgan fingerprint density at radius 3 is 2.49 bits per heavy atom. The van der Waals surface area contributed by atoms with Crippen LogP contribution in [0.15, 0.2) is 52.5 Å². The minimum absolute atomic E-state index is 0.101. The topological polar surface area (TPSA) is 65.7 Å². The average Bonchev–Trinajstić information content (AvgIpc) is 3.52. The number of amides is 1. The molecule has 1 amide bonds. The van der Waals surface area contributed by atoms with E-state index in [-0.39, 0.29) is 22.6 Å². The number of rotatable bonds is 3. The van der Waals surface area contributed by atoms with Gasteiger partial charge in [0.15, 0.2) is 5.17 Å². The Morgan fingerprint density at radius 1 is 1.08 bits per heavy atom. The quantitative estimate of drug-likeness (QED) is 0.223. The van der Waals surface area contributed by atoms with Crippen LogP contribution in [-0.2, 0) is 23.6 Å². The second-order valence-electron chi connectivity index (χ2n) is 9.17. The number of allylic oxidation sites excluding steroid dienone is 1. The fourth-order valence-electron chi connectivity index (χ4n) is 4.61. The Balaban J connectivity index is 1.58. The van der Waals surface area contributed by atoms with Gasteiger partial charge in [0.05, 0.1) is 27.7 Å². The van der Waals surface area contributed by atoms with Crippen molar-refractivity contribution in [3.05, 3.63) is 81.2 Å². The zero-order valence-electron chi connectivity index (χ0n) is 20.0. The van der Waals surface area contributed by atoms with Crippen molar-refractivity contribution in [2.24, 2.45) is 4.99 Å². The molecule has 13 heteroatoms. The summed E-state index contributed by atoms with van der Waals surface area (Å²) in [5.74, 6) is -0.634. The molecule has 5 rings (SSSR count). The summed E-state index contributed by atoms with van der Waals surface area (Å²) in [6.45, 7) is 8.22. The third-order valence-electron chi connectivity index (χ3n) is 6.67. The van der Waals surface area contributed by atoms with E-state index >= 15 is 0 Å². The smallest absolute Gasteiger partial charge is 0.350 e. The first-order chi connectivity index (χ1) is 18.4. The van der Waals surface area contributed by atoms with Gasteiger partial charge in [-0.3, -0.25) is 9.89 Å². The van der Waals surface area contributed by atoms with Crippen LogP contribution >= 0.6 is 11.8 Å². The lowest BCUT2D eigenvalue weighted by Crippen LogP contribution is -2.37. The van der Waals surface area contributed by atoms with Crippen molar-refractivity contribution in [3.8, 4) is 0 Å². The van der Waals surface area contributed by atoms with Gasteiger partial charge >= 0.3 is 12.4 Å². The molecule has 0 radical (unpaired) electrons. The van der Waals surface area contributed by atoms with Gasteiger partial charge in [-0.1, -0.05) is 12.1 Å². The molecular formula is C26H19F6N5OS. The molecule has 1 fully saturated rings. The zero-order chi connectivity index (χ0) is 27.9. The summed E-state index contributed by atoms with van der Waals surface area (Å²) in [6, 6.07) is 6.35. The lowest BCUT2D eigenvalue weighted by Gasteiger charge is -2.28. The predicted molar refractivity (Wildman–Crippen MR) is 134 cm³/mol. The minimum Gasteiger partial charge on any atom is -0.350 e. The fraction of sp³-hybridized carbons (Fsp3) is 0.308. The van der Waals surface area contributed by atoms with Crippen molar-refractivity contribution in [1.82, 2.24) is 15.1 Å². The number of thioether (sulfide) groups is 1. The van der Waals surface area contributed by atoms with Crippen LogP contribution in [0.3, 0.4) is 0 Å². The maximum Gasteiger partial charge on any atom is 0.416 e. The maximum atomic E-state index is 13.9. The SMILES string of the molecule is [C-]#[N+]C1CCN(C2=NC(=O)C(=C(Cc3ccc(C(F)(F)F)cc3C(F)(F)F)c3ccc4[nH]ncc4c3)S2)CC1. The van der Waals surface area contributed by atoms with E-state index in [1.165, 1.54) is 6.20 Å². The number of aliphatic imine (C=N–C) groups is 1. The lowest BCUT2D eigenvalue weighted by atomic mass is 9.92. The number of aromatic nitrogens is 2. The van der Waals surface area contributed by atoms with E-state index in [2.05, 4.69) is 20.0 Å². The average molecular weight is 564 g/mol. The molecule has 1 saturated heterocycles.